The summed E-state index contributed by atoms with van der Waals surface area (Å²) in [6.07, 6.45) is -3.33. The van der Waals surface area contributed by atoms with Crippen LogP contribution in [0.2, 0.25) is 0 Å². The molecule has 0 spiro atoms. The Morgan fingerprint density at radius 2 is 1.67 bits per heavy atom. The molecule has 24 heavy (non-hydrogen) atoms. The van der Waals surface area contributed by atoms with Crippen LogP contribution in [0.1, 0.15) is 45.6 Å². The second kappa shape index (κ2) is 8.51. The van der Waals surface area contributed by atoms with Crippen molar-refractivity contribution in [1.82, 2.24) is 0 Å². The SMILES string of the molecule is COC(C(=O)OC(C)CCCC(C)C)(c1ccccc1)C(F)(F)F. The van der Waals surface area contributed by atoms with Crippen LogP contribution in [-0.2, 0) is 19.9 Å². The molecule has 1 aromatic rings. The third-order valence-electron chi connectivity index (χ3n) is 3.87. The highest BCUT2D eigenvalue weighted by Crippen LogP contribution is 2.43. The molecule has 0 saturated carbocycles. The lowest BCUT2D eigenvalue weighted by molar-refractivity contribution is -0.278. The van der Waals surface area contributed by atoms with Crippen molar-refractivity contribution >= 4 is 5.97 Å². The molecule has 0 radical (unpaired) electrons. The summed E-state index contributed by atoms with van der Waals surface area (Å²) in [5.41, 5.74) is -3.40. The van der Waals surface area contributed by atoms with E-state index in [0.717, 1.165) is 20.0 Å². The zero-order chi connectivity index (χ0) is 18.4. The molecule has 0 heterocycles. The van der Waals surface area contributed by atoms with Crippen molar-refractivity contribution in [1.29, 1.82) is 0 Å². The molecule has 0 aromatic heterocycles. The van der Waals surface area contributed by atoms with Gasteiger partial charge in [0.1, 0.15) is 0 Å². The maximum absolute atomic E-state index is 13.7. The number of carbonyl (C=O) groups is 1. The van der Waals surface area contributed by atoms with Gasteiger partial charge in [0, 0.05) is 12.7 Å². The number of ether oxygens (including phenoxy) is 2. The van der Waals surface area contributed by atoms with Gasteiger partial charge in [-0.2, -0.15) is 13.2 Å². The topological polar surface area (TPSA) is 35.5 Å². The average molecular weight is 346 g/mol. The number of carbonyl (C=O) groups excluding carboxylic acids is 1. The zero-order valence-corrected chi connectivity index (χ0v) is 14.5. The van der Waals surface area contributed by atoms with Crippen LogP contribution in [0.3, 0.4) is 0 Å². The van der Waals surface area contributed by atoms with E-state index >= 15 is 0 Å². The molecule has 1 aromatic carbocycles. The van der Waals surface area contributed by atoms with Crippen LogP contribution >= 0.6 is 0 Å². The van der Waals surface area contributed by atoms with Crippen molar-refractivity contribution in [2.45, 2.75) is 57.9 Å². The normalized spacial score (nSPS) is 15.8. The van der Waals surface area contributed by atoms with Crippen LogP contribution in [0, 0.1) is 5.92 Å². The minimum atomic E-state index is -4.93. The molecule has 0 N–H and O–H groups in total. The Morgan fingerprint density at radius 3 is 2.12 bits per heavy atom. The molecule has 0 aliphatic heterocycles. The van der Waals surface area contributed by atoms with E-state index in [9.17, 15) is 18.0 Å². The standard InChI is InChI=1S/C18H25F3O3/c1-13(2)9-8-10-14(3)24-16(22)17(23-4,18(19,20)21)15-11-6-5-7-12-15/h5-7,11-14H,8-10H2,1-4H3. The van der Waals surface area contributed by atoms with E-state index in [2.05, 4.69) is 13.8 Å². The summed E-state index contributed by atoms with van der Waals surface area (Å²) in [6.45, 7) is 5.72. The molecule has 2 unspecified atom stereocenters. The number of halogens is 3. The minimum Gasteiger partial charge on any atom is -0.460 e. The van der Waals surface area contributed by atoms with Gasteiger partial charge in [-0.3, -0.25) is 0 Å². The molecular formula is C18H25F3O3. The predicted molar refractivity (Wildman–Crippen MR) is 85.4 cm³/mol. The van der Waals surface area contributed by atoms with Crippen molar-refractivity contribution in [2.75, 3.05) is 7.11 Å². The van der Waals surface area contributed by atoms with Crippen LogP contribution < -0.4 is 0 Å². The van der Waals surface area contributed by atoms with Crippen molar-refractivity contribution in [2.24, 2.45) is 5.92 Å². The van der Waals surface area contributed by atoms with E-state index in [0.29, 0.717) is 12.3 Å². The summed E-state index contributed by atoms with van der Waals surface area (Å²) in [5, 5.41) is 0. The molecule has 0 amide bonds. The fourth-order valence-electron chi connectivity index (χ4n) is 2.53. The summed E-state index contributed by atoms with van der Waals surface area (Å²) in [7, 11) is 0.866. The van der Waals surface area contributed by atoms with Crippen molar-refractivity contribution in [3.05, 3.63) is 35.9 Å². The zero-order valence-electron chi connectivity index (χ0n) is 14.5. The molecule has 3 nitrogen and oxygen atoms in total. The lowest BCUT2D eigenvalue weighted by Crippen LogP contribution is -2.52. The Bertz CT molecular complexity index is 514. The number of benzene rings is 1. The monoisotopic (exact) mass is 346 g/mol. The Balaban J connectivity index is 2.98. The molecule has 0 aliphatic rings. The molecule has 0 aliphatic carbocycles. The van der Waals surface area contributed by atoms with Gasteiger partial charge < -0.3 is 9.47 Å². The minimum absolute atomic E-state index is 0.292. The third-order valence-corrected chi connectivity index (χ3v) is 3.87. The molecule has 0 saturated heterocycles. The lowest BCUT2D eigenvalue weighted by atomic mass is 9.92. The van der Waals surface area contributed by atoms with Crippen LogP contribution in [0.25, 0.3) is 0 Å². The quantitative estimate of drug-likeness (QED) is 0.631. The summed E-state index contributed by atoms with van der Waals surface area (Å²) < 4.78 is 50.9. The molecule has 2 atom stereocenters. The van der Waals surface area contributed by atoms with Gasteiger partial charge >= 0.3 is 12.1 Å². The number of alkyl halides is 3. The Morgan fingerprint density at radius 1 is 1.08 bits per heavy atom. The molecule has 136 valence electrons. The van der Waals surface area contributed by atoms with E-state index in [4.69, 9.17) is 9.47 Å². The Hall–Kier alpha value is -1.56. The maximum Gasteiger partial charge on any atom is 0.432 e. The second-order valence-electron chi connectivity index (χ2n) is 6.29. The highest BCUT2D eigenvalue weighted by atomic mass is 19.4. The highest BCUT2D eigenvalue weighted by Gasteiger charge is 2.64. The van der Waals surface area contributed by atoms with Gasteiger partial charge in [0.15, 0.2) is 0 Å². The predicted octanol–water partition coefficient (Wildman–Crippen LogP) is 4.85. The average Bonchev–Trinajstić information content (AvgIpc) is 2.47. The lowest BCUT2D eigenvalue weighted by Gasteiger charge is -2.33. The maximum atomic E-state index is 13.7. The van der Waals surface area contributed by atoms with Gasteiger partial charge in [0.05, 0.1) is 6.10 Å². The van der Waals surface area contributed by atoms with E-state index in [1.807, 2.05) is 0 Å². The molecular weight excluding hydrogens is 321 g/mol. The van der Waals surface area contributed by atoms with Crippen molar-refractivity contribution in [3.8, 4) is 0 Å². The van der Waals surface area contributed by atoms with Crippen LogP contribution in [0.4, 0.5) is 13.2 Å². The van der Waals surface area contributed by atoms with E-state index in [1.165, 1.54) is 24.3 Å². The number of esters is 1. The number of rotatable bonds is 8. The van der Waals surface area contributed by atoms with Crippen molar-refractivity contribution in [3.63, 3.8) is 0 Å². The summed E-state index contributed by atoms with van der Waals surface area (Å²) in [6, 6.07) is 6.84. The summed E-state index contributed by atoms with van der Waals surface area (Å²) in [5.74, 6) is -0.939. The molecule has 1 rings (SSSR count). The van der Waals surface area contributed by atoms with Crippen LogP contribution in [-0.4, -0.2) is 25.4 Å². The van der Waals surface area contributed by atoms with Crippen LogP contribution in [0.15, 0.2) is 30.3 Å². The fourth-order valence-corrected chi connectivity index (χ4v) is 2.53. The first-order valence-corrected chi connectivity index (χ1v) is 8.03. The number of methoxy groups -OCH3 is 1. The largest absolute Gasteiger partial charge is 0.460 e. The van der Waals surface area contributed by atoms with E-state index < -0.39 is 23.9 Å². The summed E-state index contributed by atoms with van der Waals surface area (Å²) in [4.78, 5) is 12.4. The van der Waals surface area contributed by atoms with Gasteiger partial charge in [-0.1, -0.05) is 50.6 Å². The number of hydrogen-bond acceptors (Lipinski definition) is 3. The Labute approximate surface area is 141 Å². The summed E-state index contributed by atoms with van der Waals surface area (Å²) >= 11 is 0. The molecule has 0 fully saturated rings. The van der Waals surface area contributed by atoms with Gasteiger partial charge in [0.2, 0.25) is 0 Å². The smallest absolute Gasteiger partial charge is 0.432 e. The Kier molecular flexibility index (Phi) is 7.27. The molecule has 0 bridgehead atoms. The van der Waals surface area contributed by atoms with Crippen LogP contribution in [0.5, 0.6) is 0 Å². The van der Waals surface area contributed by atoms with Gasteiger partial charge in [-0.15, -0.1) is 0 Å². The van der Waals surface area contributed by atoms with E-state index in [1.54, 1.807) is 13.0 Å². The molecule has 6 heteroatoms. The van der Waals surface area contributed by atoms with Gasteiger partial charge in [0.25, 0.3) is 5.60 Å². The second-order valence-corrected chi connectivity index (χ2v) is 6.29. The van der Waals surface area contributed by atoms with E-state index in [-0.39, 0.29) is 5.56 Å². The first-order chi connectivity index (χ1) is 11.1. The number of hydrogen-bond donors (Lipinski definition) is 0. The van der Waals surface area contributed by atoms with Gasteiger partial charge in [-0.05, 0) is 25.7 Å². The van der Waals surface area contributed by atoms with Gasteiger partial charge in [-0.25, -0.2) is 4.79 Å². The fraction of sp³-hybridized carbons (Fsp3) is 0.611. The first-order valence-electron chi connectivity index (χ1n) is 8.03. The highest BCUT2D eigenvalue weighted by molar-refractivity contribution is 5.82. The third kappa shape index (κ3) is 4.72. The first kappa shape index (κ1) is 20.5. The van der Waals surface area contributed by atoms with Crippen molar-refractivity contribution < 1.29 is 27.4 Å².